The maximum absolute atomic E-state index is 4.79. The summed E-state index contributed by atoms with van der Waals surface area (Å²) in [6.07, 6.45) is 4.19. The van der Waals surface area contributed by atoms with Gasteiger partial charge >= 0.3 is 0 Å². The van der Waals surface area contributed by atoms with Crippen LogP contribution in [0, 0.1) is 5.41 Å². The first-order valence-corrected chi connectivity index (χ1v) is 7.98. The lowest BCUT2D eigenvalue weighted by atomic mass is 9.87. The van der Waals surface area contributed by atoms with Gasteiger partial charge in [-0.3, -0.25) is 0 Å². The molecule has 1 atom stereocenters. The van der Waals surface area contributed by atoms with Crippen LogP contribution in [0.1, 0.15) is 51.7 Å². The Morgan fingerprint density at radius 3 is 2.53 bits per heavy atom. The zero-order chi connectivity index (χ0) is 14.5. The third-order valence-electron chi connectivity index (χ3n) is 3.32. The van der Waals surface area contributed by atoms with Gasteiger partial charge in [0, 0.05) is 29.2 Å². The highest BCUT2D eigenvalue weighted by Gasteiger charge is 2.24. The molecule has 0 amide bonds. The topological polar surface area (TPSA) is 24.9 Å². The highest BCUT2D eigenvalue weighted by molar-refractivity contribution is 7.09. The van der Waals surface area contributed by atoms with Gasteiger partial charge in [0.1, 0.15) is 0 Å². The Morgan fingerprint density at radius 2 is 2.05 bits per heavy atom. The second-order valence-corrected chi connectivity index (χ2v) is 7.53. The molecule has 19 heavy (non-hydrogen) atoms. The molecule has 0 aliphatic heterocycles. The van der Waals surface area contributed by atoms with Gasteiger partial charge in [0.25, 0.3) is 0 Å². The first kappa shape index (κ1) is 16.4. The van der Waals surface area contributed by atoms with Gasteiger partial charge in [-0.2, -0.15) is 0 Å². The molecule has 0 aliphatic carbocycles. The van der Waals surface area contributed by atoms with Crippen LogP contribution < -0.4 is 5.32 Å². The van der Waals surface area contributed by atoms with Crippen molar-refractivity contribution in [1.82, 2.24) is 10.3 Å². The fraction of sp³-hybridized carbons (Fsp3) is 0.688. The SMILES string of the molecule is C=CC(C)(CNCCC)Cc1nc(C(C)(C)C)cs1. The van der Waals surface area contributed by atoms with Crippen molar-refractivity contribution in [3.05, 3.63) is 28.7 Å². The smallest absolute Gasteiger partial charge is 0.0937 e. The van der Waals surface area contributed by atoms with E-state index in [9.17, 15) is 0 Å². The number of aromatic nitrogens is 1. The molecule has 2 nitrogen and oxygen atoms in total. The lowest BCUT2D eigenvalue weighted by Crippen LogP contribution is -2.32. The molecule has 0 aromatic carbocycles. The van der Waals surface area contributed by atoms with Crippen LogP contribution in [0.2, 0.25) is 0 Å². The number of hydrogen-bond donors (Lipinski definition) is 1. The van der Waals surface area contributed by atoms with Gasteiger partial charge < -0.3 is 5.32 Å². The molecule has 0 saturated carbocycles. The van der Waals surface area contributed by atoms with Crippen molar-refractivity contribution >= 4 is 11.3 Å². The summed E-state index contributed by atoms with van der Waals surface area (Å²) >= 11 is 1.77. The number of rotatable bonds is 7. The summed E-state index contributed by atoms with van der Waals surface area (Å²) in [7, 11) is 0. The Kier molecular flexibility index (Phi) is 5.75. The van der Waals surface area contributed by atoms with E-state index >= 15 is 0 Å². The van der Waals surface area contributed by atoms with Gasteiger partial charge in [-0.1, -0.05) is 40.7 Å². The normalized spacial score (nSPS) is 15.2. The van der Waals surface area contributed by atoms with Gasteiger partial charge in [0.15, 0.2) is 0 Å². The van der Waals surface area contributed by atoms with E-state index in [4.69, 9.17) is 4.98 Å². The van der Waals surface area contributed by atoms with E-state index in [-0.39, 0.29) is 10.8 Å². The second-order valence-electron chi connectivity index (χ2n) is 6.59. The van der Waals surface area contributed by atoms with Crippen LogP contribution in [0.4, 0.5) is 0 Å². The van der Waals surface area contributed by atoms with Gasteiger partial charge in [-0.15, -0.1) is 17.9 Å². The van der Waals surface area contributed by atoms with Crippen LogP contribution in [-0.4, -0.2) is 18.1 Å². The Bertz CT molecular complexity index is 403. The van der Waals surface area contributed by atoms with E-state index in [1.54, 1.807) is 11.3 Å². The molecule has 0 saturated heterocycles. The van der Waals surface area contributed by atoms with Crippen LogP contribution in [-0.2, 0) is 11.8 Å². The molecule has 0 spiro atoms. The Hall–Kier alpha value is -0.670. The zero-order valence-electron chi connectivity index (χ0n) is 13.0. The van der Waals surface area contributed by atoms with Crippen molar-refractivity contribution in [3.63, 3.8) is 0 Å². The van der Waals surface area contributed by atoms with E-state index in [1.807, 2.05) is 0 Å². The Morgan fingerprint density at radius 1 is 1.37 bits per heavy atom. The van der Waals surface area contributed by atoms with E-state index in [1.165, 1.54) is 17.1 Å². The first-order valence-electron chi connectivity index (χ1n) is 7.10. The minimum Gasteiger partial charge on any atom is -0.316 e. The Balaban J connectivity index is 2.70. The van der Waals surface area contributed by atoms with E-state index in [0.717, 1.165) is 19.5 Å². The molecular formula is C16H28N2S. The largest absolute Gasteiger partial charge is 0.316 e. The number of thiazole rings is 1. The average Bonchev–Trinajstić information content (AvgIpc) is 2.77. The predicted molar refractivity (Wildman–Crippen MR) is 86.0 cm³/mol. The summed E-state index contributed by atoms with van der Waals surface area (Å²) in [4.78, 5) is 4.79. The number of nitrogens with zero attached hydrogens (tertiary/aromatic N) is 1. The van der Waals surface area contributed by atoms with Crippen LogP contribution in [0.15, 0.2) is 18.0 Å². The van der Waals surface area contributed by atoms with Gasteiger partial charge in [0.2, 0.25) is 0 Å². The molecular weight excluding hydrogens is 252 g/mol. The molecule has 1 aromatic rings. The van der Waals surface area contributed by atoms with Crippen LogP contribution in [0.3, 0.4) is 0 Å². The molecule has 0 bridgehead atoms. The lowest BCUT2D eigenvalue weighted by Gasteiger charge is -2.25. The minimum absolute atomic E-state index is 0.0855. The first-order chi connectivity index (χ1) is 8.80. The summed E-state index contributed by atoms with van der Waals surface area (Å²) < 4.78 is 0. The number of nitrogens with one attached hydrogen (secondary N) is 1. The molecule has 1 N–H and O–H groups in total. The van der Waals surface area contributed by atoms with Crippen molar-refractivity contribution in [2.45, 2.75) is 52.9 Å². The maximum atomic E-state index is 4.79. The highest BCUT2D eigenvalue weighted by atomic mass is 32.1. The fourth-order valence-electron chi connectivity index (χ4n) is 1.84. The summed E-state index contributed by atoms with van der Waals surface area (Å²) in [5, 5.41) is 6.90. The minimum atomic E-state index is 0.0855. The summed E-state index contributed by atoms with van der Waals surface area (Å²) in [6.45, 7) is 17.1. The van der Waals surface area contributed by atoms with Gasteiger partial charge in [0.05, 0.1) is 10.7 Å². The molecule has 0 aliphatic rings. The third kappa shape index (κ3) is 5.07. The number of hydrogen-bond acceptors (Lipinski definition) is 3. The van der Waals surface area contributed by atoms with Crippen LogP contribution in [0.25, 0.3) is 0 Å². The van der Waals surface area contributed by atoms with Gasteiger partial charge in [-0.25, -0.2) is 4.98 Å². The summed E-state index contributed by atoms with van der Waals surface area (Å²) in [5.74, 6) is 0. The maximum Gasteiger partial charge on any atom is 0.0937 e. The van der Waals surface area contributed by atoms with Crippen molar-refractivity contribution in [1.29, 1.82) is 0 Å². The molecule has 1 rings (SSSR count). The molecule has 0 radical (unpaired) electrons. The van der Waals surface area contributed by atoms with Crippen molar-refractivity contribution in [2.75, 3.05) is 13.1 Å². The average molecular weight is 280 g/mol. The third-order valence-corrected chi connectivity index (χ3v) is 4.17. The fourth-order valence-corrected chi connectivity index (χ4v) is 3.06. The molecule has 3 heteroatoms. The summed E-state index contributed by atoms with van der Waals surface area (Å²) in [5.41, 5.74) is 1.42. The lowest BCUT2D eigenvalue weighted by molar-refractivity contribution is 0.390. The zero-order valence-corrected chi connectivity index (χ0v) is 13.9. The molecule has 1 aromatic heterocycles. The molecule has 1 unspecified atom stereocenters. The van der Waals surface area contributed by atoms with Crippen molar-refractivity contribution < 1.29 is 0 Å². The van der Waals surface area contributed by atoms with E-state index in [0.29, 0.717) is 0 Å². The Labute approximate surface area is 122 Å². The van der Waals surface area contributed by atoms with E-state index in [2.05, 4.69) is 58.0 Å². The van der Waals surface area contributed by atoms with Crippen LogP contribution >= 0.6 is 11.3 Å². The van der Waals surface area contributed by atoms with Crippen LogP contribution in [0.5, 0.6) is 0 Å². The quantitative estimate of drug-likeness (QED) is 0.599. The standard InChI is InChI=1S/C16H28N2S/c1-7-9-17-12-16(6,8-2)10-14-18-13(11-19-14)15(3,4)5/h8,11,17H,2,7,9-10,12H2,1,3-6H3. The van der Waals surface area contributed by atoms with Gasteiger partial charge in [-0.05, 0) is 13.0 Å². The molecule has 1 heterocycles. The van der Waals surface area contributed by atoms with E-state index < -0.39 is 0 Å². The molecule has 0 fully saturated rings. The molecule has 108 valence electrons. The van der Waals surface area contributed by atoms with Crippen molar-refractivity contribution in [3.8, 4) is 0 Å². The predicted octanol–water partition coefficient (Wildman–Crippen LogP) is 4.18. The van der Waals surface area contributed by atoms with Crippen molar-refractivity contribution in [2.24, 2.45) is 5.41 Å². The highest BCUT2D eigenvalue weighted by Crippen LogP contribution is 2.29. The summed E-state index contributed by atoms with van der Waals surface area (Å²) in [6, 6.07) is 0. The second kappa shape index (κ2) is 6.67. The monoisotopic (exact) mass is 280 g/mol.